The van der Waals surface area contributed by atoms with Crippen molar-refractivity contribution in [3.05, 3.63) is 23.7 Å². The number of pyridine rings is 1. The molecule has 0 saturated heterocycles. The fourth-order valence-electron chi connectivity index (χ4n) is 2.57. The number of aromatic nitrogens is 3. The molecule has 0 aromatic carbocycles. The first-order valence-electron chi connectivity index (χ1n) is 6.62. The fraction of sp³-hybridized carbons (Fsp3) is 0.571. The number of hydrogen-bond acceptors (Lipinski definition) is 2. The molecule has 1 atom stereocenters. The van der Waals surface area contributed by atoms with Crippen molar-refractivity contribution in [3.63, 3.8) is 0 Å². The summed E-state index contributed by atoms with van der Waals surface area (Å²) in [6, 6.07) is 2.01. The zero-order valence-corrected chi connectivity index (χ0v) is 11.6. The van der Waals surface area contributed by atoms with Crippen molar-refractivity contribution in [2.45, 2.75) is 45.0 Å². The second kappa shape index (κ2) is 4.54. The van der Waals surface area contributed by atoms with Crippen molar-refractivity contribution in [1.29, 1.82) is 0 Å². The molecule has 1 aliphatic rings. The normalized spacial score (nSPS) is 17.9. The molecule has 96 valence electrons. The van der Waals surface area contributed by atoms with E-state index in [2.05, 4.69) is 16.5 Å². The highest BCUT2D eigenvalue weighted by Crippen LogP contribution is 2.32. The van der Waals surface area contributed by atoms with Gasteiger partial charge in [-0.2, -0.15) is 0 Å². The maximum Gasteiger partial charge on any atom is 0.160 e. The lowest BCUT2D eigenvalue weighted by Crippen LogP contribution is -2.19. The Labute approximate surface area is 112 Å². The lowest BCUT2D eigenvalue weighted by Gasteiger charge is -2.26. The first-order chi connectivity index (χ1) is 8.66. The smallest absolute Gasteiger partial charge is 0.160 e. The standard InChI is InChI=1S/C14H18ClN3/c1-9-6-7-16-14-12(9)17-13(10(2)15)18(14)8-11-4-3-5-11/h6-7,10-11H,3-5,8H2,1-2H3. The van der Waals surface area contributed by atoms with Crippen LogP contribution in [0.15, 0.2) is 12.3 Å². The Hall–Kier alpha value is -1.09. The Kier molecular flexibility index (Phi) is 3.02. The Morgan fingerprint density at radius 2 is 2.28 bits per heavy atom. The van der Waals surface area contributed by atoms with Gasteiger partial charge < -0.3 is 4.57 Å². The van der Waals surface area contributed by atoms with E-state index in [0.717, 1.165) is 29.5 Å². The van der Waals surface area contributed by atoms with Crippen LogP contribution in [0, 0.1) is 12.8 Å². The highest BCUT2D eigenvalue weighted by Gasteiger charge is 2.23. The first kappa shape index (κ1) is 12.0. The van der Waals surface area contributed by atoms with E-state index in [0.29, 0.717) is 0 Å². The monoisotopic (exact) mass is 263 g/mol. The van der Waals surface area contributed by atoms with Gasteiger partial charge in [-0.25, -0.2) is 9.97 Å². The van der Waals surface area contributed by atoms with Gasteiger partial charge in [-0.3, -0.25) is 0 Å². The molecule has 1 unspecified atom stereocenters. The molecule has 0 aliphatic heterocycles. The van der Waals surface area contributed by atoms with Crippen LogP contribution in [0.5, 0.6) is 0 Å². The summed E-state index contributed by atoms with van der Waals surface area (Å²) in [6.45, 7) is 5.07. The Bertz CT molecular complexity index is 570. The van der Waals surface area contributed by atoms with Gasteiger partial charge >= 0.3 is 0 Å². The van der Waals surface area contributed by atoms with Crippen LogP contribution in [-0.2, 0) is 6.54 Å². The quantitative estimate of drug-likeness (QED) is 0.788. The van der Waals surface area contributed by atoms with E-state index in [4.69, 9.17) is 16.6 Å². The van der Waals surface area contributed by atoms with Gasteiger partial charge in [-0.05, 0) is 44.2 Å². The zero-order chi connectivity index (χ0) is 12.7. The average Bonchev–Trinajstić information content (AvgIpc) is 2.64. The van der Waals surface area contributed by atoms with Crippen LogP contribution in [-0.4, -0.2) is 14.5 Å². The molecule has 1 saturated carbocycles. The van der Waals surface area contributed by atoms with Gasteiger partial charge in [-0.1, -0.05) is 6.42 Å². The van der Waals surface area contributed by atoms with Gasteiger partial charge in [0.2, 0.25) is 0 Å². The third-order valence-electron chi connectivity index (χ3n) is 3.89. The SMILES string of the molecule is Cc1ccnc2c1nc(C(C)Cl)n2CC1CCC1. The minimum Gasteiger partial charge on any atom is -0.311 e. The van der Waals surface area contributed by atoms with Crippen LogP contribution in [0.3, 0.4) is 0 Å². The molecule has 1 fully saturated rings. The Balaban J connectivity index is 2.12. The molecule has 0 radical (unpaired) electrons. The second-order valence-electron chi connectivity index (χ2n) is 5.29. The molecule has 2 heterocycles. The summed E-state index contributed by atoms with van der Waals surface area (Å²) in [4.78, 5) is 9.19. The Morgan fingerprint density at radius 3 is 2.89 bits per heavy atom. The molecule has 0 amide bonds. The number of nitrogens with zero attached hydrogens (tertiary/aromatic N) is 3. The summed E-state index contributed by atoms with van der Waals surface area (Å²) >= 11 is 6.27. The summed E-state index contributed by atoms with van der Waals surface area (Å²) in [6.07, 6.45) is 5.86. The topological polar surface area (TPSA) is 30.7 Å². The van der Waals surface area contributed by atoms with Gasteiger partial charge in [0.25, 0.3) is 0 Å². The molecule has 0 spiro atoms. The third kappa shape index (κ3) is 1.91. The van der Waals surface area contributed by atoms with E-state index >= 15 is 0 Å². The predicted molar refractivity (Wildman–Crippen MR) is 73.9 cm³/mol. The summed E-state index contributed by atoms with van der Waals surface area (Å²) in [5.41, 5.74) is 3.16. The minimum absolute atomic E-state index is 0.0707. The number of fused-ring (bicyclic) bond motifs is 1. The van der Waals surface area contributed by atoms with Crippen molar-refractivity contribution >= 4 is 22.8 Å². The first-order valence-corrected chi connectivity index (χ1v) is 7.06. The third-order valence-corrected chi connectivity index (χ3v) is 4.08. The number of aryl methyl sites for hydroxylation is 1. The molecule has 2 aromatic rings. The lowest BCUT2D eigenvalue weighted by atomic mass is 9.85. The fourth-order valence-corrected chi connectivity index (χ4v) is 2.74. The average molecular weight is 264 g/mol. The Morgan fingerprint density at radius 1 is 1.50 bits per heavy atom. The zero-order valence-electron chi connectivity index (χ0n) is 10.9. The number of imidazole rings is 1. The second-order valence-corrected chi connectivity index (χ2v) is 5.95. The molecule has 2 aromatic heterocycles. The van der Waals surface area contributed by atoms with Crippen molar-refractivity contribution in [2.75, 3.05) is 0 Å². The van der Waals surface area contributed by atoms with Crippen LogP contribution >= 0.6 is 11.6 Å². The molecular formula is C14H18ClN3. The van der Waals surface area contributed by atoms with Crippen LogP contribution in [0.1, 0.15) is 43.0 Å². The molecule has 1 aliphatic carbocycles. The van der Waals surface area contributed by atoms with E-state index < -0.39 is 0 Å². The van der Waals surface area contributed by atoms with Crippen LogP contribution in [0.4, 0.5) is 0 Å². The molecule has 0 N–H and O–H groups in total. The highest BCUT2D eigenvalue weighted by molar-refractivity contribution is 6.20. The largest absolute Gasteiger partial charge is 0.311 e. The summed E-state index contributed by atoms with van der Waals surface area (Å²) in [7, 11) is 0. The van der Waals surface area contributed by atoms with Gasteiger partial charge in [0.1, 0.15) is 11.3 Å². The molecule has 4 heteroatoms. The van der Waals surface area contributed by atoms with Gasteiger partial charge in [0.15, 0.2) is 5.65 Å². The van der Waals surface area contributed by atoms with Gasteiger partial charge in [0.05, 0.1) is 5.38 Å². The van der Waals surface area contributed by atoms with Crippen molar-refractivity contribution in [1.82, 2.24) is 14.5 Å². The summed E-state index contributed by atoms with van der Waals surface area (Å²) < 4.78 is 2.23. The molecule has 18 heavy (non-hydrogen) atoms. The van der Waals surface area contributed by atoms with Crippen LogP contribution < -0.4 is 0 Å². The van der Waals surface area contributed by atoms with E-state index in [1.807, 2.05) is 19.2 Å². The number of halogens is 1. The number of alkyl halides is 1. The minimum atomic E-state index is -0.0707. The van der Waals surface area contributed by atoms with Crippen LogP contribution in [0.25, 0.3) is 11.2 Å². The van der Waals surface area contributed by atoms with E-state index in [-0.39, 0.29) is 5.38 Å². The predicted octanol–water partition coefficient (Wildman–Crippen LogP) is 3.84. The van der Waals surface area contributed by atoms with Crippen molar-refractivity contribution in [3.8, 4) is 0 Å². The molecule has 3 nitrogen and oxygen atoms in total. The van der Waals surface area contributed by atoms with E-state index in [1.54, 1.807) is 0 Å². The number of rotatable bonds is 3. The molecular weight excluding hydrogens is 246 g/mol. The summed E-state index contributed by atoms with van der Waals surface area (Å²) in [5.74, 6) is 1.74. The lowest BCUT2D eigenvalue weighted by molar-refractivity contribution is 0.276. The number of hydrogen-bond donors (Lipinski definition) is 0. The van der Waals surface area contributed by atoms with Crippen molar-refractivity contribution < 1.29 is 0 Å². The molecule has 0 bridgehead atoms. The van der Waals surface area contributed by atoms with E-state index in [1.165, 1.54) is 24.8 Å². The molecule has 3 rings (SSSR count). The van der Waals surface area contributed by atoms with Gasteiger partial charge in [0, 0.05) is 12.7 Å². The maximum atomic E-state index is 6.27. The maximum absolute atomic E-state index is 6.27. The van der Waals surface area contributed by atoms with Gasteiger partial charge in [-0.15, -0.1) is 11.6 Å². The summed E-state index contributed by atoms with van der Waals surface area (Å²) in [5, 5.41) is -0.0707. The van der Waals surface area contributed by atoms with Crippen LogP contribution in [0.2, 0.25) is 0 Å². The van der Waals surface area contributed by atoms with Crippen molar-refractivity contribution in [2.24, 2.45) is 5.92 Å². The highest BCUT2D eigenvalue weighted by atomic mass is 35.5. The van der Waals surface area contributed by atoms with E-state index in [9.17, 15) is 0 Å².